The average Bonchev–Trinajstić information content (AvgIpc) is 2.67. The Morgan fingerprint density at radius 3 is 2.43 bits per heavy atom. The molecular formula is C21H28N2O4S. The monoisotopic (exact) mass is 404 g/mol. The summed E-state index contributed by atoms with van der Waals surface area (Å²) in [5.41, 5.74) is 2.23. The summed E-state index contributed by atoms with van der Waals surface area (Å²) in [5, 5.41) is 12.0. The Kier molecular flexibility index (Phi) is 8.17. The summed E-state index contributed by atoms with van der Waals surface area (Å²) < 4.78 is 28.0. The minimum absolute atomic E-state index is 0.0519. The Morgan fingerprint density at radius 2 is 1.82 bits per heavy atom. The van der Waals surface area contributed by atoms with Gasteiger partial charge in [-0.2, -0.15) is 0 Å². The maximum absolute atomic E-state index is 12.7. The van der Waals surface area contributed by atoms with Gasteiger partial charge >= 0.3 is 0 Å². The number of sulfonamides is 1. The van der Waals surface area contributed by atoms with Crippen molar-refractivity contribution in [2.45, 2.75) is 43.9 Å². The van der Waals surface area contributed by atoms with E-state index < -0.39 is 10.0 Å². The van der Waals surface area contributed by atoms with Crippen LogP contribution in [0.5, 0.6) is 0 Å². The topological polar surface area (TPSA) is 95.5 Å². The molecule has 28 heavy (non-hydrogen) atoms. The van der Waals surface area contributed by atoms with Crippen molar-refractivity contribution < 1.29 is 18.3 Å². The molecule has 2 rings (SSSR count). The second-order valence-corrected chi connectivity index (χ2v) is 8.42. The van der Waals surface area contributed by atoms with Gasteiger partial charge in [0.25, 0.3) is 0 Å². The van der Waals surface area contributed by atoms with E-state index in [0.29, 0.717) is 30.5 Å². The Hall–Kier alpha value is -2.22. The summed E-state index contributed by atoms with van der Waals surface area (Å²) >= 11 is 0. The number of amides is 1. The summed E-state index contributed by atoms with van der Waals surface area (Å²) in [6.07, 6.45) is 1.53. The summed E-state index contributed by atoms with van der Waals surface area (Å²) in [7, 11) is -3.66. The first-order chi connectivity index (χ1) is 13.4. The lowest BCUT2D eigenvalue weighted by Gasteiger charge is -2.17. The van der Waals surface area contributed by atoms with Crippen LogP contribution in [0.2, 0.25) is 0 Å². The number of carbonyl (C=O) groups excluding carboxylic acids is 1. The van der Waals surface area contributed by atoms with E-state index in [-0.39, 0.29) is 29.9 Å². The molecule has 0 spiro atoms. The first-order valence-electron chi connectivity index (χ1n) is 9.43. The lowest BCUT2D eigenvalue weighted by molar-refractivity contribution is -0.115. The third-order valence-electron chi connectivity index (χ3n) is 4.60. The fourth-order valence-electron chi connectivity index (χ4n) is 3.08. The van der Waals surface area contributed by atoms with Crippen LogP contribution in [0.15, 0.2) is 53.4 Å². The van der Waals surface area contributed by atoms with Crippen molar-refractivity contribution >= 4 is 21.6 Å². The molecular weight excluding hydrogens is 376 g/mol. The zero-order valence-electron chi connectivity index (χ0n) is 16.3. The van der Waals surface area contributed by atoms with Crippen molar-refractivity contribution in [3.05, 3.63) is 59.7 Å². The van der Waals surface area contributed by atoms with Crippen LogP contribution < -0.4 is 10.0 Å². The van der Waals surface area contributed by atoms with E-state index in [1.165, 1.54) is 6.07 Å². The number of carbonyl (C=O) groups is 1. The number of rotatable bonds is 10. The molecule has 0 radical (unpaired) electrons. The Bertz CT molecular complexity index is 883. The number of anilines is 1. The summed E-state index contributed by atoms with van der Waals surface area (Å²) in [6.45, 7) is 3.78. The minimum atomic E-state index is -3.66. The fourth-order valence-corrected chi connectivity index (χ4v) is 4.35. The van der Waals surface area contributed by atoms with E-state index in [4.69, 9.17) is 0 Å². The number of aryl methyl sites for hydroxylation is 1. The van der Waals surface area contributed by atoms with Crippen molar-refractivity contribution in [3.8, 4) is 0 Å². The van der Waals surface area contributed by atoms with Gasteiger partial charge in [-0.1, -0.05) is 37.3 Å². The van der Waals surface area contributed by atoms with Gasteiger partial charge < -0.3 is 10.4 Å². The Morgan fingerprint density at radius 1 is 1.11 bits per heavy atom. The molecule has 1 atom stereocenters. The zero-order chi connectivity index (χ0) is 20.6. The first-order valence-corrected chi connectivity index (χ1v) is 10.9. The maximum atomic E-state index is 12.7. The number of hydrogen-bond donors (Lipinski definition) is 3. The van der Waals surface area contributed by atoms with Gasteiger partial charge in [-0.3, -0.25) is 4.79 Å². The van der Waals surface area contributed by atoms with Gasteiger partial charge in [-0.15, -0.1) is 0 Å². The number of aliphatic hydroxyl groups is 1. The van der Waals surface area contributed by atoms with Gasteiger partial charge in [-0.25, -0.2) is 13.1 Å². The molecule has 6 nitrogen and oxygen atoms in total. The molecule has 0 bridgehead atoms. The molecule has 152 valence electrons. The van der Waals surface area contributed by atoms with Crippen LogP contribution in [0.25, 0.3) is 0 Å². The van der Waals surface area contributed by atoms with Gasteiger partial charge in [0, 0.05) is 25.3 Å². The number of benzene rings is 2. The van der Waals surface area contributed by atoms with Crippen molar-refractivity contribution in [2.24, 2.45) is 0 Å². The largest absolute Gasteiger partial charge is 0.396 e. The van der Waals surface area contributed by atoms with Crippen molar-refractivity contribution in [1.29, 1.82) is 0 Å². The van der Waals surface area contributed by atoms with Crippen LogP contribution in [0.1, 0.15) is 43.2 Å². The second-order valence-electron chi connectivity index (χ2n) is 6.69. The van der Waals surface area contributed by atoms with Gasteiger partial charge in [0.1, 0.15) is 0 Å². The van der Waals surface area contributed by atoms with E-state index in [0.717, 1.165) is 5.56 Å². The van der Waals surface area contributed by atoms with E-state index in [1.807, 2.05) is 30.3 Å². The van der Waals surface area contributed by atoms with E-state index in [9.17, 15) is 18.3 Å². The van der Waals surface area contributed by atoms with Crippen LogP contribution in [-0.2, 0) is 14.8 Å². The molecule has 0 aliphatic heterocycles. The zero-order valence-corrected chi connectivity index (χ0v) is 17.1. The molecule has 0 aromatic heterocycles. The number of hydrogen-bond acceptors (Lipinski definition) is 4. The molecule has 1 unspecified atom stereocenters. The van der Waals surface area contributed by atoms with E-state index >= 15 is 0 Å². The third-order valence-corrected chi connectivity index (χ3v) is 6.22. The van der Waals surface area contributed by atoms with Crippen molar-refractivity contribution in [1.82, 2.24) is 4.72 Å². The molecule has 0 heterocycles. The molecule has 0 aliphatic rings. The molecule has 0 saturated carbocycles. The summed E-state index contributed by atoms with van der Waals surface area (Å²) in [4.78, 5) is 11.7. The smallest absolute Gasteiger partial charge is 0.240 e. The molecule has 1 amide bonds. The molecule has 0 fully saturated rings. The molecule has 7 heteroatoms. The van der Waals surface area contributed by atoms with E-state index in [2.05, 4.69) is 10.0 Å². The predicted octanol–water partition coefficient (Wildman–Crippen LogP) is 3.18. The molecule has 2 aromatic carbocycles. The van der Waals surface area contributed by atoms with Crippen LogP contribution in [0.4, 0.5) is 5.69 Å². The molecule has 0 saturated heterocycles. The Balaban J connectivity index is 2.03. The average molecular weight is 405 g/mol. The van der Waals surface area contributed by atoms with Crippen molar-refractivity contribution in [3.63, 3.8) is 0 Å². The molecule has 0 aliphatic carbocycles. The van der Waals surface area contributed by atoms with Gasteiger partial charge in [0.2, 0.25) is 15.9 Å². The minimum Gasteiger partial charge on any atom is -0.396 e. The van der Waals surface area contributed by atoms with Gasteiger partial charge in [0.15, 0.2) is 0 Å². The van der Waals surface area contributed by atoms with Crippen LogP contribution >= 0.6 is 0 Å². The first kappa shape index (κ1) is 22.1. The normalized spacial score (nSPS) is 12.5. The highest BCUT2D eigenvalue weighted by Crippen LogP contribution is 2.24. The highest BCUT2D eigenvalue weighted by molar-refractivity contribution is 7.89. The third kappa shape index (κ3) is 6.15. The highest BCUT2D eigenvalue weighted by Gasteiger charge is 2.18. The summed E-state index contributed by atoms with van der Waals surface area (Å²) in [6, 6.07) is 14.5. The van der Waals surface area contributed by atoms with Crippen LogP contribution in [0.3, 0.4) is 0 Å². The standard InChI is InChI=1S/C21H28N2O4S/c1-3-21(25)23-19-9-10-20(16(2)15-19)28(26,27)22-13-11-18(12-14-24)17-7-5-4-6-8-17/h4-10,15,18,22,24H,3,11-14H2,1-2H3,(H,23,25). The molecule has 2 aromatic rings. The van der Waals surface area contributed by atoms with E-state index in [1.54, 1.807) is 26.0 Å². The van der Waals surface area contributed by atoms with Crippen molar-refractivity contribution in [2.75, 3.05) is 18.5 Å². The van der Waals surface area contributed by atoms with Crippen LogP contribution in [-0.4, -0.2) is 32.6 Å². The fraction of sp³-hybridized carbons (Fsp3) is 0.381. The van der Waals surface area contributed by atoms with Gasteiger partial charge in [0.05, 0.1) is 4.90 Å². The Labute approximate surface area is 167 Å². The quantitative estimate of drug-likeness (QED) is 0.567. The predicted molar refractivity (Wildman–Crippen MR) is 111 cm³/mol. The summed E-state index contributed by atoms with van der Waals surface area (Å²) in [5.74, 6) is -0.0365. The highest BCUT2D eigenvalue weighted by atomic mass is 32.2. The second kappa shape index (κ2) is 10.4. The number of nitrogens with one attached hydrogen (secondary N) is 2. The number of aliphatic hydroxyl groups excluding tert-OH is 1. The lowest BCUT2D eigenvalue weighted by Crippen LogP contribution is -2.26. The maximum Gasteiger partial charge on any atom is 0.240 e. The molecule has 3 N–H and O–H groups in total. The lowest BCUT2D eigenvalue weighted by atomic mass is 9.93. The SMILES string of the molecule is CCC(=O)Nc1ccc(S(=O)(=O)NCCC(CCO)c2ccccc2)c(C)c1. The van der Waals surface area contributed by atoms with Gasteiger partial charge in [-0.05, 0) is 55.0 Å². The van der Waals surface area contributed by atoms with Crippen LogP contribution in [0, 0.1) is 6.92 Å².